The van der Waals surface area contributed by atoms with Crippen LogP contribution in [-0.2, 0) is 16.6 Å². The lowest BCUT2D eigenvalue weighted by Crippen LogP contribution is -2.20. The Bertz CT molecular complexity index is 683. The second-order valence-electron chi connectivity index (χ2n) is 6.47. The van der Waals surface area contributed by atoms with Crippen molar-refractivity contribution in [3.63, 3.8) is 0 Å². The van der Waals surface area contributed by atoms with Gasteiger partial charge in [-0.25, -0.2) is 5.43 Å². The Hall–Kier alpha value is -1.69. The van der Waals surface area contributed by atoms with Gasteiger partial charge in [-0.05, 0) is 56.8 Å². The van der Waals surface area contributed by atoms with Crippen LogP contribution in [0.25, 0.3) is 0 Å². The second-order valence-corrected chi connectivity index (χ2v) is 7.71. The molecule has 0 saturated carbocycles. The highest BCUT2D eigenvalue weighted by molar-refractivity contribution is 14.1. The average molecular weight is 420 g/mol. The monoisotopic (exact) mass is 420 g/mol. The number of carbonyl (C=O) groups excluding carboxylic acids is 1. The van der Waals surface area contributed by atoms with Crippen LogP contribution in [0.2, 0.25) is 0 Å². The SMILES string of the molecule is CC(C)(C)c1ccc(CC(=O)N/N=C\c2ccc(I)cc2)cc1. The van der Waals surface area contributed by atoms with Gasteiger partial charge in [-0.2, -0.15) is 5.10 Å². The summed E-state index contributed by atoms with van der Waals surface area (Å²) in [5.74, 6) is -0.115. The van der Waals surface area contributed by atoms with E-state index in [2.05, 4.69) is 66.0 Å². The van der Waals surface area contributed by atoms with Gasteiger partial charge in [-0.3, -0.25) is 4.79 Å². The molecule has 3 nitrogen and oxygen atoms in total. The van der Waals surface area contributed by atoms with Crippen LogP contribution in [-0.4, -0.2) is 12.1 Å². The molecule has 23 heavy (non-hydrogen) atoms. The molecule has 0 aliphatic rings. The molecule has 0 atom stereocenters. The first-order valence-electron chi connectivity index (χ1n) is 7.51. The molecule has 0 saturated heterocycles. The van der Waals surface area contributed by atoms with Crippen LogP contribution in [0.4, 0.5) is 0 Å². The van der Waals surface area contributed by atoms with Crippen LogP contribution in [0, 0.1) is 3.57 Å². The first-order chi connectivity index (χ1) is 10.8. The molecule has 2 rings (SSSR count). The number of nitrogens with zero attached hydrogens (tertiary/aromatic N) is 1. The van der Waals surface area contributed by atoms with Crippen molar-refractivity contribution in [3.8, 4) is 0 Å². The molecule has 0 aliphatic heterocycles. The van der Waals surface area contributed by atoms with E-state index in [0.29, 0.717) is 6.42 Å². The lowest BCUT2D eigenvalue weighted by Gasteiger charge is -2.19. The Morgan fingerprint density at radius 2 is 1.70 bits per heavy atom. The van der Waals surface area contributed by atoms with Crippen molar-refractivity contribution in [2.45, 2.75) is 32.6 Å². The minimum absolute atomic E-state index is 0.115. The normalized spacial score (nSPS) is 11.7. The summed E-state index contributed by atoms with van der Waals surface area (Å²) >= 11 is 2.25. The van der Waals surface area contributed by atoms with Gasteiger partial charge in [0.05, 0.1) is 12.6 Å². The molecule has 120 valence electrons. The standard InChI is InChI=1S/C19H21IN2O/c1-19(2,3)16-8-4-14(5-9-16)12-18(23)22-21-13-15-6-10-17(20)11-7-15/h4-11,13H,12H2,1-3H3,(H,22,23)/b21-13-. The molecule has 2 aromatic carbocycles. The molecule has 0 aromatic heterocycles. The average Bonchev–Trinajstić information content (AvgIpc) is 2.49. The maximum Gasteiger partial charge on any atom is 0.244 e. The largest absolute Gasteiger partial charge is 0.273 e. The minimum atomic E-state index is -0.115. The molecule has 4 heteroatoms. The number of nitrogens with one attached hydrogen (secondary N) is 1. The number of hydrazone groups is 1. The predicted molar refractivity (Wildman–Crippen MR) is 104 cm³/mol. The van der Waals surface area contributed by atoms with Gasteiger partial charge < -0.3 is 0 Å². The highest BCUT2D eigenvalue weighted by atomic mass is 127. The Morgan fingerprint density at radius 1 is 1.09 bits per heavy atom. The summed E-state index contributed by atoms with van der Waals surface area (Å²) in [6.07, 6.45) is 1.98. The van der Waals surface area contributed by atoms with Crippen LogP contribution in [0.15, 0.2) is 53.6 Å². The van der Waals surface area contributed by atoms with Crippen molar-refractivity contribution < 1.29 is 4.79 Å². The summed E-state index contributed by atoms with van der Waals surface area (Å²) < 4.78 is 1.17. The molecule has 0 heterocycles. The number of halogens is 1. The Kier molecular flexibility index (Phi) is 5.93. The van der Waals surface area contributed by atoms with Crippen LogP contribution in [0.5, 0.6) is 0 Å². The molecule has 0 spiro atoms. The number of amides is 1. The number of hydrogen-bond acceptors (Lipinski definition) is 2. The van der Waals surface area contributed by atoms with Crippen molar-refractivity contribution in [2.24, 2.45) is 5.10 Å². The van der Waals surface area contributed by atoms with E-state index < -0.39 is 0 Å². The minimum Gasteiger partial charge on any atom is -0.273 e. The third kappa shape index (κ3) is 5.78. The summed E-state index contributed by atoms with van der Waals surface area (Å²) in [7, 11) is 0. The van der Waals surface area contributed by atoms with Crippen LogP contribution >= 0.6 is 22.6 Å². The molecule has 1 N–H and O–H groups in total. The number of benzene rings is 2. The van der Waals surface area contributed by atoms with E-state index in [4.69, 9.17) is 0 Å². The third-order valence-corrected chi connectivity index (χ3v) is 4.18. The van der Waals surface area contributed by atoms with Crippen molar-refractivity contribution in [1.82, 2.24) is 5.43 Å². The fourth-order valence-corrected chi connectivity index (χ4v) is 2.43. The summed E-state index contributed by atoms with van der Waals surface area (Å²) in [5, 5.41) is 4.00. The maximum absolute atomic E-state index is 11.9. The molecule has 0 unspecified atom stereocenters. The Labute approximate surface area is 151 Å². The first kappa shape index (κ1) is 17.7. The van der Waals surface area contributed by atoms with Gasteiger partial charge >= 0.3 is 0 Å². The van der Waals surface area contributed by atoms with E-state index in [1.807, 2.05) is 36.4 Å². The smallest absolute Gasteiger partial charge is 0.244 e. The van der Waals surface area contributed by atoms with Gasteiger partial charge in [-0.15, -0.1) is 0 Å². The molecule has 1 amide bonds. The first-order valence-corrected chi connectivity index (χ1v) is 8.59. The highest BCUT2D eigenvalue weighted by Crippen LogP contribution is 2.22. The summed E-state index contributed by atoms with van der Waals surface area (Å²) in [6, 6.07) is 16.1. The van der Waals surface area contributed by atoms with E-state index in [-0.39, 0.29) is 11.3 Å². The van der Waals surface area contributed by atoms with E-state index >= 15 is 0 Å². The second kappa shape index (κ2) is 7.73. The van der Waals surface area contributed by atoms with Crippen LogP contribution < -0.4 is 5.43 Å². The van der Waals surface area contributed by atoms with E-state index in [0.717, 1.165) is 11.1 Å². The van der Waals surface area contributed by atoms with Gasteiger partial charge in [0.1, 0.15) is 0 Å². The maximum atomic E-state index is 11.9. The predicted octanol–water partition coefficient (Wildman–Crippen LogP) is 4.28. The molecule has 0 radical (unpaired) electrons. The molecule has 2 aromatic rings. The Morgan fingerprint density at radius 3 is 2.26 bits per heavy atom. The lowest BCUT2D eigenvalue weighted by molar-refractivity contribution is -0.120. The van der Waals surface area contributed by atoms with Crippen LogP contribution in [0.1, 0.15) is 37.5 Å². The summed E-state index contributed by atoms with van der Waals surface area (Å²) in [4.78, 5) is 11.9. The summed E-state index contributed by atoms with van der Waals surface area (Å²) in [5.41, 5.74) is 5.90. The third-order valence-electron chi connectivity index (χ3n) is 3.46. The fraction of sp³-hybridized carbons (Fsp3) is 0.263. The topological polar surface area (TPSA) is 41.5 Å². The van der Waals surface area contributed by atoms with Gasteiger partial charge in [0.25, 0.3) is 0 Å². The highest BCUT2D eigenvalue weighted by Gasteiger charge is 2.13. The lowest BCUT2D eigenvalue weighted by atomic mass is 9.86. The zero-order valence-corrected chi connectivity index (χ0v) is 15.8. The molecule has 0 fully saturated rings. The Balaban J connectivity index is 1.88. The zero-order valence-electron chi connectivity index (χ0n) is 13.6. The molecule has 0 bridgehead atoms. The van der Waals surface area contributed by atoms with Crippen molar-refractivity contribution in [1.29, 1.82) is 0 Å². The van der Waals surface area contributed by atoms with Gasteiger partial charge in [0.15, 0.2) is 0 Å². The van der Waals surface area contributed by atoms with Gasteiger partial charge in [0, 0.05) is 3.57 Å². The van der Waals surface area contributed by atoms with Crippen molar-refractivity contribution in [3.05, 3.63) is 68.8 Å². The summed E-state index contributed by atoms with van der Waals surface area (Å²) in [6.45, 7) is 6.52. The fourth-order valence-electron chi connectivity index (χ4n) is 2.08. The van der Waals surface area contributed by atoms with Crippen LogP contribution in [0.3, 0.4) is 0 Å². The van der Waals surface area contributed by atoms with Gasteiger partial charge in [0.2, 0.25) is 5.91 Å². The number of rotatable bonds is 4. The van der Waals surface area contributed by atoms with Crippen molar-refractivity contribution in [2.75, 3.05) is 0 Å². The van der Waals surface area contributed by atoms with Gasteiger partial charge in [-0.1, -0.05) is 57.2 Å². The van der Waals surface area contributed by atoms with E-state index in [1.54, 1.807) is 6.21 Å². The number of carbonyl (C=O) groups is 1. The quantitative estimate of drug-likeness (QED) is 0.448. The molecular formula is C19H21IN2O. The van der Waals surface area contributed by atoms with Crippen molar-refractivity contribution >= 4 is 34.7 Å². The zero-order chi connectivity index (χ0) is 16.9. The number of hydrogen-bond donors (Lipinski definition) is 1. The molecular weight excluding hydrogens is 399 g/mol. The van der Waals surface area contributed by atoms with E-state index in [9.17, 15) is 4.79 Å². The van der Waals surface area contributed by atoms with E-state index in [1.165, 1.54) is 9.13 Å². The molecule has 0 aliphatic carbocycles.